The smallest absolute Gasteiger partial charge is 0.243 e. The lowest BCUT2D eigenvalue weighted by molar-refractivity contribution is -0.131. The minimum Gasteiger partial charge on any atom is -0.340 e. The zero-order chi connectivity index (χ0) is 19.6. The molecule has 1 saturated heterocycles. The second kappa shape index (κ2) is 8.00. The van der Waals surface area contributed by atoms with E-state index in [4.69, 9.17) is 11.6 Å². The molecule has 0 saturated carbocycles. The van der Waals surface area contributed by atoms with Gasteiger partial charge in [0.25, 0.3) is 0 Å². The Kier molecular flexibility index (Phi) is 5.89. The van der Waals surface area contributed by atoms with Gasteiger partial charge in [0.15, 0.2) is 0 Å². The maximum absolute atomic E-state index is 12.7. The van der Waals surface area contributed by atoms with Gasteiger partial charge < -0.3 is 4.90 Å². The average Bonchev–Trinajstić information content (AvgIpc) is 2.65. The van der Waals surface area contributed by atoms with Crippen LogP contribution in [0.1, 0.15) is 16.7 Å². The van der Waals surface area contributed by atoms with Crippen molar-refractivity contribution in [3.63, 3.8) is 0 Å². The fourth-order valence-electron chi connectivity index (χ4n) is 3.13. The standard InChI is InChI=1S/C20H23ClN2O3S/c1-15-3-4-17(13-16(15)2)14-20(24)22-9-11-23(12-10-22)27(25,26)19-7-5-18(21)6-8-19/h3-8,13H,9-12,14H2,1-2H3. The summed E-state index contributed by atoms with van der Waals surface area (Å²) in [5.41, 5.74) is 3.35. The number of benzene rings is 2. The average molecular weight is 407 g/mol. The molecule has 7 heteroatoms. The Balaban J connectivity index is 1.61. The van der Waals surface area contributed by atoms with Crippen LogP contribution in [0.25, 0.3) is 0 Å². The molecule has 2 aromatic rings. The normalized spacial score (nSPS) is 15.7. The molecule has 27 heavy (non-hydrogen) atoms. The van der Waals surface area contributed by atoms with Gasteiger partial charge in [0.05, 0.1) is 11.3 Å². The molecule has 1 heterocycles. The molecule has 2 aromatic carbocycles. The SMILES string of the molecule is Cc1ccc(CC(=O)N2CCN(S(=O)(=O)c3ccc(Cl)cc3)CC2)cc1C. The van der Waals surface area contributed by atoms with Gasteiger partial charge in [0, 0.05) is 31.2 Å². The highest BCUT2D eigenvalue weighted by atomic mass is 35.5. The first-order valence-electron chi connectivity index (χ1n) is 8.87. The number of halogens is 1. The molecule has 144 valence electrons. The molecule has 0 aromatic heterocycles. The van der Waals surface area contributed by atoms with Gasteiger partial charge in [-0.1, -0.05) is 29.8 Å². The molecule has 5 nitrogen and oxygen atoms in total. The fourth-order valence-corrected chi connectivity index (χ4v) is 4.68. The summed E-state index contributed by atoms with van der Waals surface area (Å²) in [6, 6.07) is 12.2. The molecule has 1 aliphatic rings. The van der Waals surface area contributed by atoms with Crippen molar-refractivity contribution in [3.8, 4) is 0 Å². The predicted molar refractivity (Wildman–Crippen MR) is 106 cm³/mol. The molecule has 0 spiro atoms. The highest BCUT2D eigenvalue weighted by molar-refractivity contribution is 7.89. The van der Waals surface area contributed by atoms with Crippen molar-refractivity contribution in [2.75, 3.05) is 26.2 Å². The minimum atomic E-state index is -3.56. The van der Waals surface area contributed by atoms with Crippen molar-refractivity contribution in [2.45, 2.75) is 25.2 Å². The largest absolute Gasteiger partial charge is 0.340 e. The van der Waals surface area contributed by atoms with Crippen LogP contribution in [0.4, 0.5) is 0 Å². The van der Waals surface area contributed by atoms with E-state index in [2.05, 4.69) is 0 Å². The summed E-state index contributed by atoms with van der Waals surface area (Å²) in [4.78, 5) is 14.5. The van der Waals surface area contributed by atoms with Gasteiger partial charge in [0.1, 0.15) is 0 Å². The van der Waals surface area contributed by atoms with Gasteiger partial charge >= 0.3 is 0 Å². The quantitative estimate of drug-likeness (QED) is 0.784. The number of nitrogens with zero attached hydrogens (tertiary/aromatic N) is 2. The Bertz CT molecular complexity index is 934. The summed E-state index contributed by atoms with van der Waals surface area (Å²) in [5.74, 6) is 0.0294. The van der Waals surface area contributed by atoms with E-state index in [1.54, 1.807) is 17.0 Å². The van der Waals surface area contributed by atoms with Crippen molar-refractivity contribution in [3.05, 3.63) is 64.2 Å². The Morgan fingerprint density at radius 3 is 2.19 bits per heavy atom. The second-order valence-corrected chi connectivity index (χ2v) is 9.21. The number of amides is 1. The predicted octanol–water partition coefficient (Wildman–Crippen LogP) is 3.03. The highest BCUT2D eigenvalue weighted by Crippen LogP contribution is 2.20. The molecule has 1 aliphatic heterocycles. The van der Waals surface area contributed by atoms with E-state index >= 15 is 0 Å². The van der Waals surface area contributed by atoms with Crippen LogP contribution >= 0.6 is 11.6 Å². The Hall–Kier alpha value is -1.89. The van der Waals surface area contributed by atoms with Gasteiger partial charge in [-0.05, 0) is 54.8 Å². The number of sulfonamides is 1. The molecular formula is C20H23ClN2O3S. The second-order valence-electron chi connectivity index (χ2n) is 6.83. The lowest BCUT2D eigenvalue weighted by Crippen LogP contribution is -2.50. The van der Waals surface area contributed by atoms with E-state index in [9.17, 15) is 13.2 Å². The molecule has 1 amide bonds. The number of carbonyl (C=O) groups excluding carboxylic acids is 1. The lowest BCUT2D eigenvalue weighted by atomic mass is 10.0. The van der Waals surface area contributed by atoms with E-state index < -0.39 is 10.0 Å². The summed E-state index contributed by atoms with van der Waals surface area (Å²) in [5, 5.41) is 0.496. The highest BCUT2D eigenvalue weighted by Gasteiger charge is 2.30. The molecule has 0 radical (unpaired) electrons. The minimum absolute atomic E-state index is 0.0294. The zero-order valence-corrected chi connectivity index (χ0v) is 17.1. The molecule has 0 bridgehead atoms. The van der Waals surface area contributed by atoms with Crippen molar-refractivity contribution < 1.29 is 13.2 Å². The Morgan fingerprint density at radius 1 is 0.963 bits per heavy atom. The number of hydrogen-bond donors (Lipinski definition) is 0. The summed E-state index contributed by atoms with van der Waals surface area (Å²) in [7, 11) is -3.56. The van der Waals surface area contributed by atoms with Crippen LogP contribution in [0.2, 0.25) is 5.02 Å². The molecule has 1 fully saturated rings. The van der Waals surface area contributed by atoms with E-state index in [0.717, 1.165) is 5.56 Å². The van der Waals surface area contributed by atoms with Gasteiger partial charge in [-0.3, -0.25) is 4.79 Å². The van der Waals surface area contributed by atoms with Crippen LogP contribution in [0.15, 0.2) is 47.4 Å². The summed E-state index contributed by atoms with van der Waals surface area (Å²) < 4.78 is 26.9. The third-order valence-electron chi connectivity index (χ3n) is 4.97. The topological polar surface area (TPSA) is 57.7 Å². The number of carbonyl (C=O) groups is 1. The van der Waals surface area contributed by atoms with E-state index in [1.165, 1.54) is 27.6 Å². The van der Waals surface area contributed by atoms with Gasteiger partial charge in [-0.25, -0.2) is 8.42 Å². The first-order chi connectivity index (χ1) is 12.8. The Labute approximate surface area is 165 Å². The monoisotopic (exact) mass is 406 g/mol. The first kappa shape index (κ1) is 19.9. The molecule has 0 unspecified atom stereocenters. The van der Waals surface area contributed by atoms with Gasteiger partial charge in [-0.15, -0.1) is 0 Å². The fraction of sp³-hybridized carbons (Fsp3) is 0.350. The third kappa shape index (κ3) is 4.51. The van der Waals surface area contributed by atoms with E-state index in [-0.39, 0.29) is 10.8 Å². The summed E-state index contributed by atoms with van der Waals surface area (Å²) >= 11 is 5.83. The van der Waals surface area contributed by atoms with Crippen molar-refractivity contribution >= 4 is 27.5 Å². The maximum Gasteiger partial charge on any atom is 0.243 e. The zero-order valence-electron chi connectivity index (χ0n) is 15.5. The molecular weight excluding hydrogens is 384 g/mol. The van der Waals surface area contributed by atoms with E-state index in [0.29, 0.717) is 37.6 Å². The van der Waals surface area contributed by atoms with Crippen LogP contribution < -0.4 is 0 Å². The van der Waals surface area contributed by atoms with Crippen molar-refractivity contribution in [2.24, 2.45) is 0 Å². The van der Waals surface area contributed by atoms with Gasteiger partial charge in [-0.2, -0.15) is 4.31 Å². The number of aryl methyl sites for hydroxylation is 2. The summed E-state index contributed by atoms with van der Waals surface area (Å²) in [6.45, 7) is 5.46. The summed E-state index contributed by atoms with van der Waals surface area (Å²) in [6.07, 6.45) is 0.338. The number of hydrogen-bond acceptors (Lipinski definition) is 3. The molecule has 3 rings (SSSR count). The lowest BCUT2D eigenvalue weighted by Gasteiger charge is -2.34. The van der Waals surface area contributed by atoms with Crippen LogP contribution in [-0.2, 0) is 21.2 Å². The van der Waals surface area contributed by atoms with Crippen LogP contribution in [-0.4, -0.2) is 49.7 Å². The van der Waals surface area contributed by atoms with Crippen LogP contribution in [0.5, 0.6) is 0 Å². The number of rotatable bonds is 4. The van der Waals surface area contributed by atoms with Crippen LogP contribution in [0.3, 0.4) is 0 Å². The maximum atomic E-state index is 12.7. The first-order valence-corrected chi connectivity index (χ1v) is 10.7. The Morgan fingerprint density at radius 2 is 1.59 bits per heavy atom. The molecule has 0 N–H and O–H groups in total. The van der Waals surface area contributed by atoms with Crippen molar-refractivity contribution in [1.29, 1.82) is 0 Å². The molecule has 0 aliphatic carbocycles. The number of piperazine rings is 1. The third-order valence-corrected chi connectivity index (χ3v) is 7.13. The van der Waals surface area contributed by atoms with Crippen LogP contribution in [0, 0.1) is 13.8 Å². The van der Waals surface area contributed by atoms with Crippen molar-refractivity contribution in [1.82, 2.24) is 9.21 Å². The van der Waals surface area contributed by atoms with E-state index in [1.807, 2.05) is 32.0 Å². The van der Waals surface area contributed by atoms with Gasteiger partial charge in [0.2, 0.25) is 15.9 Å². The molecule has 0 atom stereocenters.